The maximum absolute atomic E-state index is 5.83. The summed E-state index contributed by atoms with van der Waals surface area (Å²) in [6.45, 7) is 42.6. The molecule has 11 atom stereocenters. The largest absolute Gasteiger partial charge is 0.469 e. The Morgan fingerprint density at radius 3 is 0.635 bits per heavy atom. The van der Waals surface area contributed by atoms with E-state index in [9.17, 15) is 0 Å². The Morgan fingerprint density at radius 2 is 0.471 bits per heavy atom. The normalized spacial score (nSPS) is 19.1. The number of rotatable bonds is 20. The van der Waals surface area contributed by atoms with Crippen molar-refractivity contribution in [3.8, 4) is 0 Å². The quantitative estimate of drug-likeness (QED) is 0.0758. The van der Waals surface area contributed by atoms with Gasteiger partial charge in [-0.2, -0.15) is 0 Å². The number of benzene rings is 7. The molecule has 4 aliphatic heterocycles. The SMILES string of the molecule is CC(C)[C@@H](c1ccccc1)C(C)(C)C.CC(C)[C@@H](c1ccccc1)[C@@H]1CCCO1.CC(C)[C@@H](c1ccccc1)[C@H]1CCCO1.CC(C)[C@@H](c1ccccc1)c1ccco1.CC(C)[C@H](c1ccccc1)[C@@H]1CCCO1.CC(C)[C@H](c1ccccc1)[C@H]1CCCO1.CC(C)[C@H](c1ccccc1)c1ccco1. The minimum atomic E-state index is 0.343. The molecule has 0 spiro atoms. The number of hydrogen-bond donors (Lipinski definition) is 0. The minimum Gasteiger partial charge on any atom is -0.469 e. The second-order valence-corrected chi connectivity index (χ2v) is 32.7. The van der Waals surface area contributed by atoms with E-state index in [1.54, 1.807) is 12.5 Å². The van der Waals surface area contributed by atoms with Gasteiger partial charge in [-0.25, -0.2) is 0 Å². The molecule has 9 aromatic rings. The average molecular weight is 1410 g/mol. The van der Waals surface area contributed by atoms with Crippen LogP contribution >= 0.6 is 0 Å². The first-order valence-corrected chi connectivity index (χ1v) is 40.0. The predicted molar refractivity (Wildman–Crippen MR) is 439 cm³/mol. The molecule has 2 aromatic heterocycles. The Hall–Kier alpha value is -7.06. The van der Waals surface area contributed by atoms with Gasteiger partial charge in [-0.05, 0) is 167 Å². The molecule has 6 heterocycles. The second kappa shape index (κ2) is 44.8. The van der Waals surface area contributed by atoms with Crippen molar-refractivity contribution in [2.24, 2.45) is 46.8 Å². The Bertz CT molecular complexity index is 3180. The van der Waals surface area contributed by atoms with E-state index in [1.807, 2.05) is 24.3 Å². The van der Waals surface area contributed by atoms with E-state index in [0.29, 0.717) is 113 Å². The minimum absolute atomic E-state index is 0.343. The van der Waals surface area contributed by atoms with Gasteiger partial charge < -0.3 is 27.8 Å². The molecule has 0 N–H and O–H groups in total. The summed E-state index contributed by atoms with van der Waals surface area (Å²) in [7, 11) is 0. The van der Waals surface area contributed by atoms with E-state index in [0.717, 1.165) is 37.9 Å². The zero-order valence-electron chi connectivity index (χ0n) is 67.0. The third kappa shape index (κ3) is 26.8. The molecule has 0 bridgehead atoms. The summed E-state index contributed by atoms with van der Waals surface area (Å²) in [5.41, 5.74) is 10.2. The van der Waals surface area contributed by atoms with Gasteiger partial charge in [-0.3, -0.25) is 0 Å². The molecule has 0 amide bonds. The average Bonchev–Trinajstić information content (AvgIpc) is 1.93. The lowest BCUT2D eigenvalue weighted by molar-refractivity contribution is 0.0747. The van der Waals surface area contributed by atoms with Crippen molar-refractivity contribution in [1.82, 2.24) is 0 Å². The lowest BCUT2D eigenvalue weighted by Gasteiger charge is -2.34. The van der Waals surface area contributed by atoms with Crippen molar-refractivity contribution < 1.29 is 27.8 Å². The fourth-order valence-electron chi connectivity index (χ4n) is 16.9. The Balaban J connectivity index is 0.000000170. The van der Waals surface area contributed by atoms with Crippen molar-refractivity contribution >= 4 is 0 Å². The summed E-state index contributed by atoms with van der Waals surface area (Å²) in [5, 5.41) is 0. The predicted octanol–water partition coefficient (Wildman–Crippen LogP) is 27.0. The van der Waals surface area contributed by atoms with E-state index in [1.165, 1.54) is 90.3 Å². The molecule has 4 aliphatic rings. The van der Waals surface area contributed by atoms with Gasteiger partial charge in [-0.15, -0.1) is 0 Å². The van der Waals surface area contributed by atoms with Crippen LogP contribution in [0.1, 0.15) is 261 Å². The first kappa shape index (κ1) is 84.2. The van der Waals surface area contributed by atoms with Crippen molar-refractivity contribution in [3.63, 3.8) is 0 Å². The van der Waals surface area contributed by atoms with Gasteiger partial charge in [0.15, 0.2) is 0 Å². The van der Waals surface area contributed by atoms with Crippen molar-refractivity contribution in [2.45, 2.75) is 235 Å². The molecular weight excluding hydrogens is 1270 g/mol. The van der Waals surface area contributed by atoms with Crippen LogP contribution in [0.4, 0.5) is 0 Å². The Kier molecular flexibility index (Phi) is 36.3. The monoisotopic (exact) mass is 1410 g/mol. The molecule has 7 aromatic carbocycles. The third-order valence-electron chi connectivity index (χ3n) is 21.2. The highest BCUT2D eigenvalue weighted by Crippen LogP contribution is 2.42. The molecule has 0 unspecified atom stereocenters. The molecule has 562 valence electrons. The second-order valence-electron chi connectivity index (χ2n) is 32.7. The van der Waals surface area contributed by atoms with Gasteiger partial charge in [0.25, 0.3) is 0 Å². The summed E-state index contributed by atoms with van der Waals surface area (Å²) in [5.74, 6) is 10.1. The first-order chi connectivity index (χ1) is 50.2. The van der Waals surface area contributed by atoms with Gasteiger partial charge in [0.1, 0.15) is 11.5 Å². The van der Waals surface area contributed by atoms with Gasteiger partial charge in [0.05, 0.1) is 36.9 Å². The van der Waals surface area contributed by atoms with Gasteiger partial charge >= 0.3 is 0 Å². The van der Waals surface area contributed by atoms with Crippen LogP contribution in [0.15, 0.2) is 258 Å². The molecule has 4 saturated heterocycles. The summed E-state index contributed by atoms with van der Waals surface area (Å²) >= 11 is 0. The zero-order chi connectivity index (χ0) is 74.8. The highest BCUT2D eigenvalue weighted by Gasteiger charge is 2.34. The van der Waals surface area contributed by atoms with Crippen LogP contribution in [-0.2, 0) is 18.9 Å². The Labute approximate surface area is 631 Å². The molecule has 4 fully saturated rings. The molecule has 0 radical (unpaired) electrons. The molecule has 0 saturated carbocycles. The van der Waals surface area contributed by atoms with E-state index < -0.39 is 0 Å². The fraction of sp³-hybridized carbons (Fsp3) is 0.490. The van der Waals surface area contributed by atoms with E-state index in [-0.39, 0.29) is 0 Å². The molecule has 104 heavy (non-hydrogen) atoms. The maximum atomic E-state index is 5.83. The summed E-state index contributed by atoms with van der Waals surface area (Å²) < 4.78 is 34.3. The van der Waals surface area contributed by atoms with Crippen molar-refractivity contribution in [2.75, 3.05) is 26.4 Å². The van der Waals surface area contributed by atoms with Gasteiger partial charge in [0.2, 0.25) is 0 Å². The summed E-state index contributed by atoms with van der Waals surface area (Å²) in [4.78, 5) is 0. The van der Waals surface area contributed by atoms with Crippen LogP contribution < -0.4 is 0 Å². The van der Waals surface area contributed by atoms with Crippen LogP contribution in [0.2, 0.25) is 0 Å². The standard InChI is InChI=1S/4C14H20O.2C14H16O.C14H22/c6*1-11(2)14(13-9-6-10-15-13)12-7-4-3-5-8-12;1-11(2)13(14(3,4)5)12-9-7-6-8-10-12/h4*3-5,7-8,11,13-14H,6,9-10H2,1-2H3;2*3-11,14H,1-2H3;6-11,13H,1-5H3/t2*13-,14+;2*13-,14-;2*14-;13-/m1010100/s1. The number of furan rings is 2. The summed E-state index contributed by atoms with van der Waals surface area (Å²) in [6, 6.07) is 83.0. The number of hydrogen-bond acceptors (Lipinski definition) is 6. The summed E-state index contributed by atoms with van der Waals surface area (Å²) in [6.07, 6.45) is 15.0. The molecule has 6 heteroatoms. The molecule has 13 rings (SSSR count). The van der Waals surface area contributed by atoms with E-state index in [2.05, 4.69) is 330 Å². The fourth-order valence-corrected chi connectivity index (χ4v) is 16.9. The van der Waals surface area contributed by atoms with Crippen LogP contribution in [0, 0.1) is 46.8 Å². The van der Waals surface area contributed by atoms with Crippen LogP contribution in [0.25, 0.3) is 0 Å². The molecule has 0 aliphatic carbocycles. The first-order valence-electron chi connectivity index (χ1n) is 40.0. The topological polar surface area (TPSA) is 63.2 Å². The lowest BCUT2D eigenvalue weighted by Crippen LogP contribution is -2.23. The smallest absolute Gasteiger partial charge is 0.111 e. The van der Waals surface area contributed by atoms with Crippen molar-refractivity contribution in [1.29, 1.82) is 0 Å². The van der Waals surface area contributed by atoms with Gasteiger partial charge in [-0.1, -0.05) is 330 Å². The van der Waals surface area contributed by atoms with E-state index in [4.69, 9.17) is 27.8 Å². The van der Waals surface area contributed by atoms with Gasteiger partial charge in [0, 0.05) is 61.9 Å². The Morgan fingerprint density at radius 1 is 0.250 bits per heavy atom. The molecular formula is C98H134O6. The number of ether oxygens (including phenoxy) is 4. The zero-order valence-corrected chi connectivity index (χ0v) is 67.0. The van der Waals surface area contributed by atoms with Crippen LogP contribution in [0.3, 0.4) is 0 Å². The highest BCUT2D eigenvalue weighted by molar-refractivity contribution is 5.31. The maximum Gasteiger partial charge on any atom is 0.111 e. The van der Waals surface area contributed by atoms with Crippen LogP contribution in [0.5, 0.6) is 0 Å². The highest BCUT2D eigenvalue weighted by atomic mass is 16.5. The van der Waals surface area contributed by atoms with E-state index >= 15 is 0 Å². The third-order valence-corrected chi connectivity index (χ3v) is 21.2. The van der Waals surface area contributed by atoms with Crippen molar-refractivity contribution in [3.05, 3.63) is 300 Å². The lowest BCUT2D eigenvalue weighted by atomic mass is 9.71. The molecule has 6 nitrogen and oxygen atoms in total. The van der Waals surface area contributed by atoms with Crippen LogP contribution in [-0.4, -0.2) is 50.8 Å².